The van der Waals surface area contributed by atoms with Gasteiger partial charge < -0.3 is 5.73 Å². The molecule has 3 nitrogen and oxygen atoms in total. The third kappa shape index (κ3) is 2.55. The van der Waals surface area contributed by atoms with E-state index < -0.39 is 0 Å². The summed E-state index contributed by atoms with van der Waals surface area (Å²) in [6.07, 6.45) is 0.931. The number of anilines is 1. The van der Waals surface area contributed by atoms with Gasteiger partial charge in [0.05, 0.1) is 0 Å². The van der Waals surface area contributed by atoms with Gasteiger partial charge in [0.2, 0.25) is 0 Å². The van der Waals surface area contributed by atoms with Gasteiger partial charge in [-0.2, -0.15) is 5.10 Å². The largest absolute Gasteiger partial charge is 0.382 e. The number of hydrogen-bond acceptors (Lipinski definition) is 2. The number of rotatable bonds is 2. The molecule has 1 heterocycles. The van der Waals surface area contributed by atoms with Crippen molar-refractivity contribution >= 4 is 5.82 Å². The first kappa shape index (κ1) is 12.7. The number of H-pyrrole nitrogens is 1. The summed E-state index contributed by atoms with van der Waals surface area (Å²) in [6.45, 7) is 8.74. The van der Waals surface area contributed by atoms with E-state index in [9.17, 15) is 0 Å². The molecule has 0 aliphatic rings. The summed E-state index contributed by atoms with van der Waals surface area (Å²) in [4.78, 5) is 0. The lowest BCUT2D eigenvalue weighted by Crippen LogP contribution is -2.10. The van der Waals surface area contributed by atoms with Crippen LogP contribution in [-0.4, -0.2) is 10.2 Å². The molecule has 3 N–H and O–H groups in total. The van der Waals surface area contributed by atoms with Crippen LogP contribution in [0.25, 0.3) is 11.1 Å². The Kier molecular flexibility index (Phi) is 3.16. The number of benzene rings is 1. The van der Waals surface area contributed by atoms with Crippen LogP contribution >= 0.6 is 0 Å². The highest BCUT2D eigenvalue weighted by Crippen LogP contribution is 2.33. The molecule has 0 atom stereocenters. The van der Waals surface area contributed by atoms with Gasteiger partial charge in [-0.25, -0.2) is 0 Å². The quantitative estimate of drug-likeness (QED) is 0.847. The van der Waals surface area contributed by atoms with E-state index in [2.05, 4.69) is 50.0 Å². The van der Waals surface area contributed by atoms with Crippen molar-refractivity contribution in [3.05, 3.63) is 35.5 Å². The molecule has 2 rings (SSSR count). The number of aromatic amines is 1. The van der Waals surface area contributed by atoms with Gasteiger partial charge in [0.25, 0.3) is 0 Å². The summed E-state index contributed by atoms with van der Waals surface area (Å²) in [6, 6.07) is 8.28. The van der Waals surface area contributed by atoms with E-state index in [1.54, 1.807) is 0 Å². The van der Waals surface area contributed by atoms with E-state index in [-0.39, 0.29) is 5.41 Å². The van der Waals surface area contributed by atoms with Crippen LogP contribution in [0.3, 0.4) is 0 Å². The molecule has 0 radical (unpaired) electrons. The molecule has 18 heavy (non-hydrogen) atoms. The Bertz CT molecular complexity index is 547. The highest BCUT2D eigenvalue weighted by atomic mass is 15.2. The van der Waals surface area contributed by atoms with E-state index >= 15 is 0 Å². The minimum Gasteiger partial charge on any atom is -0.382 e. The van der Waals surface area contributed by atoms with Crippen LogP contribution in [0.5, 0.6) is 0 Å². The topological polar surface area (TPSA) is 54.7 Å². The van der Waals surface area contributed by atoms with Gasteiger partial charge >= 0.3 is 0 Å². The summed E-state index contributed by atoms with van der Waals surface area (Å²) in [5.41, 5.74) is 10.8. The summed E-state index contributed by atoms with van der Waals surface area (Å²) >= 11 is 0. The van der Waals surface area contributed by atoms with Gasteiger partial charge in [-0.3, -0.25) is 5.10 Å². The Hall–Kier alpha value is -1.77. The zero-order chi connectivity index (χ0) is 13.3. The standard InChI is InChI=1S/C15H21N3/c1-10-7-5-6-8-11(10)13-12(9-15(2,3)4)17-18-14(13)16/h5-8H,9H2,1-4H3,(H3,16,17,18). The van der Waals surface area contributed by atoms with Crippen molar-refractivity contribution < 1.29 is 0 Å². The molecule has 0 aliphatic carbocycles. The van der Waals surface area contributed by atoms with E-state index in [0.29, 0.717) is 5.82 Å². The van der Waals surface area contributed by atoms with E-state index in [0.717, 1.165) is 17.7 Å². The molecular weight excluding hydrogens is 222 g/mol. The van der Waals surface area contributed by atoms with Gasteiger partial charge in [-0.15, -0.1) is 0 Å². The molecule has 0 bridgehead atoms. The normalized spacial score (nSPS) is 11.8. The third-order valence-corrected chi connectivity index (χ3v) is 2.99. The van der Waals surface area contributed by atoms with E-state index in [1.807, 2.05) is 12.1 Å². The first-order chi connectivity index (χ1) is 8.38. The van der Waals surface area contributed by atoms with Gasteiger partial charge in [-0.05, 0) is 29.9 Å². The molecule has 0 saturated heterocycles. The fraction of sp³-hybridized carbons (Fsp3) is 0.400. The molecule has 0 amide bonds. The Balaban J connectivity index is 2.51. The lowest BCUT2D eigenvalue weighted by molar-refractivity contribution is 0.406. The predicted octanol–water partition coefficient (Wildman–Crippen LogP) is 3.56. The number of hydrogen-bond donors (Lipinski definition) is 2. The maximum Gasteiger partial charge on any atom is 0.153 e. The first-order valence-electron chi connectivity index (χ1n) is 6.27. The highest BCUT2D eigenvalue weighted by Gasteiger charge is 2.19. The second-order valence-corrected chi connectivity index (χ2v) is 6.01. The molecule has 0 saturated carbocycles. The second-order valence-electron chi connectivity index (χ2n) is 6.01. The monoisotopic (exact) mass is 243 g/mol. The molecule has 1 aromatic carbocycles. The highest BCUT2D eigenvalue weighted by molar-refractivity contribution is 5.78. The minimum atomic E-state index is 0.205. The second kappa shape index (κ2) is 4.48. The van der Waals surface area contributed by atoms with E-state index in [4.69, 9.17) is 5.73 Å². The summed E-state index contributed by atoms with van der Waals surface area (Å²) < 4.78 is 0. The van der Waals surface area contributed by atoms with Crippen molar-refractivity contribution in [2.45, 2.75) is 34.1 Å². The first-order valence-corrected chi connectivity index (χ1v) is 6.27. The maximum atomic E-state index is 6.02. The van der Waals surface area contributed by atoms with Crippen molar-refractivity contribution in [1.82, 2.24) is 10.2 Å². The molecule has 0 unspecified atom stereocenters. The third-order valence-electron chi connectivity index (χ3n) is 2.99. The van der Waals surface area contributed by atoms with Crippen molar-refractivity contribution in [1.29, 1.82) is 0 Å². The fourth-order valence-corrected chi connectivity index (χ4v) is 2.21. The smallest absolute Gasteiger partial charge is 0.153 e. The fourth-order valence-electron chi connectivity index (χ4n) is 2.21. The average Bonchev–Trinajstić information content (AvgIpc) is 2.59. The maximum absolute atomic E-state index is 6.02. The lowest BCUT2D eigenvalue weighted by Gasteiger charge is -2.18. The van der Waals surface area contributed by atoms with E-state index in [1.165, 1.54) is 11.1 Å². The Labute approximate surface area is 108 Å². The van der Waals surface area contributed by atoms with Crippen LogP contribution in [-0.2, 0) is 6.42 Å². The molecule has 2 aromatic rings. The minimum absolute atomic E-state index is 0.205. The number of aromatic nitrogens is 2. The summed E-state index contributed by atoms with van der Waals surface area (Å²) in [7, 11) is 0. The van der Waals surface area contributed by atoms with Gasteiger partial charge in [0.15, 0.2) is 5.82 Å². The molecule has 1 aromatic heterocycles. The Morgan fingerprint density at radius 1 is 1.22 bits per heavy atom. The Morgan fingerprint density at radius 3 is 2.50 bits per heavy atom. The van der Waals surface area contributed by atoms with Crippen molar-refractivity contribution in [3.8, 4) is 11.1 Å². The van der Waals surface area contributed by atoms with Gasteiger partial charge in [0, 0.05) is 11.3 Å². The van der Waals surface area contributed by atoms with Crippen LogP contribution in [0.4, 0.5) is 5.82 Å². The SMILES string of the molecule is Cc1ccccc1-c1c(N)n[nH]c1CC(C)(C)C. The van der Waals surface area contributed by atoms with Crippen LogP contribution in [0.2, 0.25) is 0 Å². The molecule has 0 aliphatic heterocycles. The average molecular weight is 243 g/mol. The predicted molar refractivity (Wildman–Crippen MR) is 76.3 cm³/mol. The van der Waals surface area contributed by atoms with Crippen molar-refractivity contribution in [2.75, 3.05) is 5.73 Å². The zero-order valence-corrected chi connectivity index (χ0v) is 11.5. The summed E-state index contributed by atoms with van der Waals surface area (Å²) in [5.74, 6) is 0.587. The number of nitrogens with one attached hydrogen (secondary N) is 1. The number of nitrogens with zero attached hydrogens (tertiary/aromatic N) is 1. The van der Waals surface area contributed by atoms with Crippen LogP contribution in [0.15, 0.2) is 24.3 Å². The summed E-state index contributed by atoms with van der Waals surface area (Å²) in [5, 5.41) is 7.25. The van der Waals surface area contributed by atoms with Gasteiger partial charge in [0.1, 0.15) is 0 Å². The number of nitrogens with two attached hydrogens (primary N) is 1. The molecule has 0 fully saturated rings. The van der Waals surface area contributed by atoms with Crippen molar-refractivity contribution in [3.63, 3.8) is 0 Å². The number of aryl methyl sites for hydroxylation is 1. The molecular formula is C15H21N3. The van der Waals surface area contributed by atoms with Crippen molar-refractivity contribution in [2.24, 2.45) is 5.41 Å². The van der Waals surface area contributed by atoms with Crippen LogP contribution in [0.1, 0.15) is 32.0 Å². The van der Waals surface area contributed by atoms with Gasteiger partial charge in [-0.1, -0.05) is 45.0 Å². The molecule has 96 valence electrons. The Morgan fingerprint density at radius 2 is 1.89 bits per heavy atom. The lowest BCUT2D eigenvalue weighted by atomic mass is 9.87. The zero-order valence-electron chi connectivity index (χ0n) is 11.5. The van der Waals surface area contributed by atoms with Crippen LogP contribution in [0, 0.1) is 12.3 Å². The van der Waals surface area contributed by atoms with Crippen LogP contribution < -0.4 is 5.73 Å². The molecule has 0 spiro atoms. The molecule has 3 heteroatoms. The number of nitrogen functional groups attached to an aromatic ring is 1.